The molecule has 1 atom stereocenters. The van der Waals surface area contributed by atoms with E-state index in [4.69, 9.17) is 0 Å². The molecule has 9 aromatic rings. The predicted molar refractivity (Wildman–Crippen MR) is 224 cm³/mol. The maximum absolute atomic E-state index is 4.44. The molecule has 8 aromatic carbocycles. The van der Waals surface area contributed by atoms with Crippen LogP contribution in [0.5, 0.6) is 0 Å². The van der Waals surface area contributed by atoms with E-state index in [0.717, 1.165) is 22.6 Å². The van der Waals surface area contributed by atoms with Gasteiger partial charge >= 0.3 is 0 Å². The number of rotatable bonds is 5. The SMILES string of the molecule is c1ccc(N(c2cccnc2)c2cccc(-c3ccc(-c4cccc5c4C4(c6ccccc6-5)c5ccccc5-c5ccc6ccccc6c54)cc3)c2)cc1. The zero-order valence-electron chi connectivity index (χ0n) is 29.5. The van der Waals surface area contributed by atoms with Gasteiger partial charge in [-0.3, -0.25) is 4.98 Å². The molecule has 1 heterocycles. The Morgan fingerprint density at radius 3 is 1.76 bits per heavy atom. The van der Waals surface area contributed by atoms with E-state index in [1.165, 1.54) is 72.0 Å². The van der Waals surface area contributed by atoms with Crippen LogP contribution in [0.3, 0.4) is 0 Å². The van der Waals surface area contributed by atoms with Crippen LogP contribution >= 0.6 is 0 Å². The average molecular weight is 687 g/mol. The Hall–Kier alpha value is -7.03. The molecular weight excluding hydrogens is 653 g/mol. The standard InChI is InChI=1S/C52H34N2/c1-2-15-39(16-3-1)54(41-18-12-32-53-34-41)40-17-10-14-38(33-40)35-26-28-37(29-27-35)43-22-11-23-46-44-20-6-8-24-48(44)52(50(43)46)49-25-9-7-21-45(49)47-31-30-36-13-4-5-19-42(36)51(47)52/h1-34H. The molecule has 0 saturated heterocycles. The Balaban J connectivity index is 1.08. The summed E-state index contributed by atoms with van der Waals surface area (Å²) in [6.45, 7) is 0. The van der Waals surface area contributed by atoms with Crippen molar-refractivity contribution in [1.82, 2.24) is 4.98 Å². The quantitative estimate of drug-likeness (QED) is 0.179. The van der Waals surface area contributed by atoms with Gasteiger partial charge in [-0.05, 0) is 114 Å². The van der Waals surface area contributed by atoms with Crippen LogP contribution in [0.1, 0.15) is 22.3 Å². The molecule has 1 unspecified atom stereocenters. The molecule has 0 fully saturated rings. The molecule has 2 nitrogen and oxygen atoms in total. The molecule has 11 rings (SSSR count). The Kier molecular flexibility index (Phi) is 6.80. The van der Waals surface area contributed by atoms with E-state index in [-0.39, 0.29) is 0 Å². The molecule has 1 spiro atoms. The van der Waals surface area contributed by atoms with Crippen LogP contribution in [0.15, 0.2) is 207 Å². The Bertz CT molecular complexity index is 2820. The molecule has 0 saturated carbocycles. The van der Waals surface area contributed by atoms with Gasteiger partial charge in [0.05, 0.1) is 17.3 Å². The molecule has 0 amide bonds. The summed E-state index contributed by atoms with van der Waals surface area (Å²) in [6, 6.07) is 71.2. The molecule has 252 valence electrons. The number of anilines is 3. The minimum atomic E-state index is -0.449. The Morgan fingerprint density at radius 2 is 0.981 bits per heavy atom. The largest absolute Gasteiger partial charge is 0.309 e. The van der Waals surface area contributed by atoms with Crippen LogP contribution in [0.2, 0.25) is 0 Å². The highest BCUT2D eigenvalue weighted by molar-refractivity contribution is 6.05. The number of aromatic nitrogens is 1. The number of para-hydroxylation sites is 1. The van der Waals surface area contributed by atoms with E-state index in [1.807, 2.05) is 18.5 Å². The Labute approximate surface area is 315 Å². The van der Waals surface area contributed by atoms with Crippen molar-refractivity contribution < 1.29 is 0 Å². The van der Waals surface area contributed by atoms with Gasteiger partial charge in [0.15, 0.2) is 0 Å². The van der Waals surface area contributed by atoms with Crippen LogP contribution < -0.4 is 4.90 Å². The summed E-state index contributed by atoms with van der Waals surface area (Å²) in [4.78, 5) is 6.70. The highest BCUT2D eigenvalue weighted by Gasteiger charge is 2.53. The average Bonchev–Trinajstić information content (AvgIpc) is 3.72. The van der Waals surface area contributed by atoms with Crippen molar-refractivity contribution in [3.63, 3.8) is 0 Å². The zero-order chi connectivity index (χ0) is 35.6. The number of fused-ring (bicyclic) bond motifs is 12. The van der Waals surface area contributed by atoms with Crippen molar-refractivity contribution >= 4 is 27.8 Å². The third-order valence-electron chi connectivity index (χ3n) is 11.5. The lowest BCUT2D eigenvalue weighted by atomic mass is 9.67. The van der Waals surface area contributed by atoms with Crippen LogP contribution in [-0.4, -0.2) is 4.98 Å². The highest BCUT2D eigenvalue weighted by Crippen LogP contribution is 2.65. The van der Waals surface area contributed by atoms with Crippen molar-refractivity contribution in [2.75, 3.05) is 4.90 Å². The van der Waals surface area contributed by atoms with E-state index in [1.54, 1.807) is 0 Å². The molecule has 0 aliphatic heterocycles. The first-order valence-electron chi connectivity index (χ1n) is 18.6. The summed E-state index contributed by atoms with van der Waals surface area (Å²) < 4.78 is 0. The number of pyridine rings is 1. The summed E-state index contributed by atoms with van der Waals surface area (Å²) in [7, 11) is 0. The Morgan fingerprint density at radius 1 is 0.370 bits per heavy atom. The smallest absolute Gasteiger partial charge is 0.0737 e. The lowest BCUT2D eigenvalue weighted by molar-refractivity contribution is 0.803. The fraction of sp³-hybridized carbons (Fsp3) is 0.0192. The first kappa shape index (κ1) is 30.6. The van der Waals surface area contributed by atoms with E-state index in [0.29, 0.717) is 0 Å². The molecule has 0 N–H and O–H groups in total. The van der Waals surface area contributed by atoms with Gasteiger partial charge in [-0.15, -0.1) is 0 Å². The van der Waals surface area contributed by atoms with Crippen molar-refractivity contribution in [3.8, 4) is 44.5 Å². The van der Waals surface area contributed by atoms with Crippen LogP contribution in [0.25, 0.3) is 55.3 Å². The van der Waals surface area contributed by atoms with Gasteiger partial charge in [0, 0.05) is 17.6 Å². The monoisotopic (exact) mass is 686 g/mol. The van der Waals surface area contributed by atoms with Gasteiger partial charge in [-0.25, -0.2) is 0 Å². The molecule has 2 aliphatic carbocycles. The highest BCUT2D eigenvalue weighted by atomic mass is 15.1. The van der Waals surface area contributed by atoms with Crippen molar-refractivity contribution in [3.05, 3.63) is 229 Å². The normalized spacial score (nSPS) is 14.7. The lowest BCUT2D eigenvalue weighted by Gasteiger charge is -2.33. The summed E-state index contributed by atoms with van der Waals surface area (Å²) >= 11 is 0. The maximum Gasteiger partial charge on any atom is 0.0737 e. The van der Waals surface area contributed by atoms with E-state index in [9.17, 15) is 0 Å². The minimum Gasteiger partial charge on any atom is -0.309 e. The van der Waals surface area contributed by atoms with Gasteiger partial charge in [-0.2, -0.15) is 0 Å². The van der Waals surface area contributed by atoms with Gasteiger partial charge in [0.2, 0.25) is 0 Å². The molecular formula is C52H34N2. The van der Waals surface area contributed by atoms with E-state index in [2.05, 4.69) is 198 Å². The van der Waals surface area contributed by atoms with Crippen LogP contribution in [0, 0.1) is 0 Å². The second-order valence-corrected chi connectivity index (χ2v) is 14.3. The van der Waals surface area contributed by atoms with Gasteiger partial charge in [0.25, 0.3) is 0 Å². The number of nitrogens with zero attached hydrogens (tertiary/aromatic N) is 2. The summed E-state index contributed by atoms with van der Waals surface area (Å²) in [5.41, 5.74) is 18.3. The van der Waals surface area contributed by atoms with E-state index >= 15 is 0 Å². The van der Waals surface area contributed by atoms with Crippen molar-refractivity contribution in [2.24, 2.45) is 0 Å². The fourth-order valence-electron chi connectivity index (χ4n) is 9.40. The lowest BCUT2D eigenvalue weighted by Crippen LogP contribution is -2.27. The topological polar surface area (TPSA) is 16.1 Å². The first-order chi connectivity index (χ1) is 26.8. The summed E-state index contributed by atoms with van der Waals surface area (Å²) in [5.74, 6) is 0. The molecule has 54 heavy (non-hydrogen) atoms. The van der Waals surface area contributed by atoms with Crippen LogP contribution in [0.4, 0.5) is 17.1 Å². The number of hydrogen-bond donors (Lipinski definition) is 0. The molecule has 2 aliphatic rings. The number of hydrogen-bond acceptors (Lipinski definition) is 2. The fourth-order valence-corrected chi connectivity index (χ4v) is 9.40. The van der Waals surface area contributed by atoms with Gasteiger partial charge < -0.3 is 4.90 Å². The molecule has 1 aromatic heterocycles. The summed E-state index contributed by atoms with van der Waals surface area (Å²) in [6.07, 6.45) is 3.74. The van der Waals surface area contributed by atoms with Gasteiger partial charge in [0.1, 0.15) is 0 Å². The summed E-state index contributed by atoms with van der Waals surface area (Å²) in [5, 5.41) is 2.59. The zero-order valence-corrected chi connectivity index (χ0v) is 29.5. The van der Waals surface area contributed by atoms with Crippen LogP contribution in [-0.2, 0) is 5.41 Å². The first-order valence-corrected chi connectivity index (χ1v) is 18.6. The third kappa shape index (κ3) is 4.38. The third-order valence-corrected chi connectivity index (χ3v) is 11.5. The van der Waals surface area contributed by atoms with E-state index < -0.39 is 5.41 Å². The number of benzene rings is 8. The molecule has 0 bridgehead atoms. The molecule has 0 radical (unpaired) electrons. The van der Waals surface area contributed by atoms with Crippen molar-refractivity contribution in [2.45, 2.75) is 5.41 Å². The minimum absolute atomic E-state index is 0.449. The second kappa shape index (κ2) is 12.0. The molecule has 2 heteroatoms. The second-order valence-electron chi connectivity index (χ2n) is 14.3. The van der Waals surface area contributed by atoms with Crippen molar-refractivity contribution in [1.29, 1.82) is 0 Å². The predicted octanol–water partition coefficient (Wildman–Crippen LogP) is 13.4. The van der Waals surface area contributed by atoms with Gasteiger partial charge in [-0.1, -0.05) is 158 Å². The maximum atomic E-state index is 4.44.